The van der Waals surface area contributed by atoms with E-state index in [9.17, 15) is 17.2 Å². The van der Waals surface area contributed by atoms with Crippen LogP contribution in [0.2, 0.25) is 0 Å². The van der Waals surface area contributed by atoms with Crippen LogP contribution in [0.1, 0.15) is 6.92 Å². The van der Waals surface area contributed by atoms with Crippen LogP contribution in [0.4, 0.5) is 14.5 Å². The van der Waals surface area contributed by atoms with Crippen LogP contribution in [0.15, 0.2) is 39.6 Å². The Kier molecular flexibility index (Phi) is 4.68. The van der Waals surface area contributed by atoms with E-state index in [0.717, 1.165) is 33.7 Å². The van der Waals surface area contributed by atoms with E-state index in [-0.39, 0.29) is 17.1 Å². The fourth-order valence-electron chi connectivity index (χ4n) is 1.71. The zero-order valence-electron chi connectivity index (χ0n) is 10.8. The van der Waals surface area contributed by atoms with Crippen molar-refractivity contribution in [2.45, 2.75) is 6.92 Å². The minimum absolute atomic E-state index is 0.0517. The molecule has 0 aliphatic carbocycles. The molecule has 1 aromatic carbocycles. The summed E-state index contributed by atoms with van der Waals surface area (Å²) in [7, 11) is -4.04. The third-order valence-corrected chi connectivity index (χ3v) is 5.62. The topological polar surface area (TPSA) is 37.4 Å². The van der Waals surface area contributed by atoms with Crippen molar-refractivity contribution in [3.05, 3.63) is 51.3 Å². The van der Waals surface area contributed by atoms with Crippen LogP contribution < -0.4 is 4.31 Å². The second-order valence-corrected chi connectivity index (χ2v) is 7.28. The molecule has 0 amide bonds. The fourth-order valence-corrected chi connectivity index (χ4v) is 4.06. The fraction of sp³-hybridized carbons (Fsp3) is 0.154. The summed E-state index contributed by atoms with van der Waals surface area (Å²) in [5.41, 5.74) is -0.342. The molecule has 0 bridgehead atoms. The zero-order valence-corrected chi connectivity index (χ0v) is 13.2. The highest BCUT2D eigenvalue weighted by Gasteiger charge is 2.28. The first-order chi connectivity index (χ1) is 9.86. The van der Waals surface area contributed by atoms with Gasteiger partial charge in [0.1, 0.15) is 20.9 Å². The third kappa shape index (κ3) is 3.27. The van der Waals surface area contributed by atoms with Crippen LogP contribution in [-0.2, 0) is 10.0 Å². The van der Waals surface area contributed by atoms with E-state index in [1.165, 1.54) is 19.1 Å². The smallest absolute Gasteiger partial charge is 0.263 e. The number of hydrogen-bond acceptors (Lipinski definition) is 2. The Morgan fingerprint density at radius 3 is 2.62 bits per heavy atom. The van der Waals surface area contributed by atoms with E-state index in [2.05, 4.69) is 5.18 Å². The maximum atomic E-state index is 13.8. The van der Waals surface area contributed by atoms with Crippen LogP contribution in [-0.4, -0.2) is 15.0 Å². The number of nitrogens with zero attached hydrogens (tertiary/aromatic N) is 1. The summed E-state index contributed by atoms with van der Waals surface area (Å²) in [6.07, 6.45) is 2.68. The van der Waals surface area contributed by atoms with Crippen molar-refractivity contribution < 1.29 is 17.2 Å². The SMILES string of the molecule is CCN(c1cc(F)ccc1F)S(=O)(=O)C1=CC=C(Cl)S#C1. The van der Waals surface area contributed by atoms with E-state index >= 15 is 0 Å². The van der Waals surface area contributed by atoms with E-state index in [4.69, 9.17) is 11.6 Å². The van der Waals surface area contributed by atoms with Crippen LogP contribution in [0, 0.1) is 16.8 Å². The van der Waals surface area contributed by atoms with Gasteiger partial charge in [-0.25, -0.2) is 17.2 Å². The van der Waals surface area contributed by atoms with Crippen LogP contribution in [0.25, 0.3) is 0 Å². The van der Waals surface area contributed by atoms with Gasteiger partial charge in [-0.15, -0.1) is 0 Å². The lowest BCUT2D eigenvalue weighted by Crippen LogP contribution is -2.32. The number of rotatable bonds is 4. The summed E-state index contributed by atoms with van der Waals surface area (Å²) >= 11 is 6.63. The number of hydrogen-bond donors (Lipinski definition) is 0. The zero-order chi connectivity index (χ0) is 15.6. The maximum absolute atomic E-state index is 13.8. The monoisotopic (exact) mass is 349 g/mol. The Morgan fingerprint density at radius 2 is 2.05 bits per heavy atom. The largest absolute Gasteiger partial charge is 0.272 e. The lowest BCUT2D eigenvalue weighted by Gasteiger charge is -2.23. The van der Waals surface area contributed by atoms with Crippen LogP contribution in [0.3, 0.4) is 0 Å². The highest BCUT2D eigenvalue weighted by molar-refractivity contribution is 7.99. The van der Waals surface area contributed by atoms with Gasteiger partial charge >= 0.3 is 0 Å². The van der Waals surface area contributed by atoms with E-state index in [0.29, 0.717) is 4.36 Å². The minimum Gasteiger partial charge on any atom is -0.263 e. The van der Waals surface area contributed by atoms with Crippen LogP contribution >= 0.6 is 22.8 Å². The van der Waals surface area contributed by atoms with Crippen molar-refractivity contribution in [1.82, 2.24) is 0 Å². The molecule has 0 unspecified atom stereocenters. The summed E-state index contributed by atoms with van der Waals surface area (Å²) in [4.78, 5) is -0.151. The lowest BCUT2D eigenvalue weighted by atomic mass is 10.3. The molecule has 8 heteroatoms. The summed E-state index contributed by atoms with van der Waals surface area (Å²) in [5.74, 6) is -1.54. The van der Waals surface area contributed by atoms with Gasteiger partial charge in [-0.2, -0.15) is 0 Å². The molecule has 1 aliphatic heterocycles. The molecule has 0 radical (unpaired) electrons. The molecule has 0 fully saturated rings. The van der Waals surface area contributed by atoms with E-state index < -0.39 is 21.7 Å². The van der Waals surface area contributed by atoms with E-state index in [1.54, 1.807) is 0 Å². The average Bonchev–Trinajstić information content (AvgIpc) is 2.43. The highest BCUT2D eigenvalue weighted by Crippen LogP contribution is 2.28. The quantitative estimate of drug-likeness (QED) is 0.829. The van der Waals surface area contributed by atoms with Crippen molar-refractivity contribution in [3.63, 3.8) is 0 Å². The number of allylic oxidation sites excluding steroid dienone is 3. The Hall–Kier alpha value is -1.40. The maximum Gasteiger partial charge on any atom is 0.272 e. The van der Waals surface area contributed by atoms with E-state index in [1.807, 2.05) is 0 Å². The van der Waals surface area contributed by atoms with Crippen molar-refractivity contribution in [2.75, 3.05) is 10.8 Å². The first-order valence-electron chi connectivity index (χ1n) is 5.84. The van der Waals surface area contributed by atoms with Crippen LogP contribution in [0.5, 0.6) is 0 Å². The van der Waals surface area contributed by atoms with Crippen molar-refractivity contribution in [1.29, 1.82) is 0 Å². The summed E-state index contributed by atoms with van der Waals surface area (Å²) in [5, 5.41) is 2.56. The van der Waals surface area contributed by atoms with Gasteiger partial charge in [0, 0.05) is 12.6 Å². The standard InChI is InChI=1S/C13H10ClF2NO2S2/c1-2-17(12-7-9(15)3-5-11(12)16)21(18,19)10-4-6-13(14)20-8-10/h3-7H,2H2,1H3. The average molecular weight is 350 g/mol. The van der Waals surface area contributed by atoms with Gasteiger partial charge < -0.3 is 0 Å². The van der Waals surface area contributed by atoms with Gasteiger partial charge in [-0.3, -0.25) is 4.31 Å². The molecule has 0 atom stereocenters. The van der Waals surface area contributed by atoms with Gasteiger partial charge in [0.2, 0.25) is 0 Å². The number of halogens is 3. The first kappa shape index (κ1) is 16.0. The summed E-state index contributed by atoms with van der Waals surface area (Å²) in [6, 6.07) is 2.66. The molecule has 1 aromatic rings. The number of anilines is 1. The normalized spacial score (nSPS) is 14.3. The van der Waals surface area contributed by atoms with Crippen molar-refractivity contribution >= 4 is 38.5 Å². The third-order valence-electron chi connectivity index (χ3n) is 2.65. The van der Waals surface area contributed by atoms with Gasteiger partial charge in [0.05, 0.1) is 5.69 Å². The molecule has 0 saturated heterocycles. The molecular formula is C13H10ClF2NO2S2. The Labute approximate surface area is 130 Å². The summed E-state index contributed by atoms with van der Waals surface area (Å²) < 4.78 is 53.3. The Balaban J connectivity index is 2.52. The molecule has 0 N–H and O–H groups in total. The second kappa shape index (κ2) is 6.15. The predicted molar refractivity (Wildman–Crippen MR) is 81.8 cm³/mol. The molecule has 21 heavy (non-hydrogen) atoms. The Bertz CT molecular complexity index is 807. The molecule has 0 spiro atoms. The first-order valence-corrected chi connectivity index (χ1v) is 8.48. The summed E-state index contributed by atoms with van der Waals surface area (Å²) in [6.45, 7) is 1.48. The molecule has 3 nitrogen and oxygen atoms in total. The molecule has 1 heterocycles. The molecular weight excluding hydrogens is 340 g/mol. The van der Waals surface area contributed by atoms with Crippen molar-refractivity contribution in [3.8, 4) is 5.18 Å². The van der Waals surface area contributed by atoms with Crippen molar-refractivity contribution in [2.24, 2.45) is 0 Å². The van der Waals surface area contributed by atoms with Gasteiger partial charge in [-0.05, 0) is 36.4 Å². The van der Waals surface area contributed by atoms with Gasteiger partial charge in [0.15, 0.2) is 0 Å². The molecule has 0 aromatic heterocycles. The van der Waals surface area contributed by atoms with Gasteiger partial charge in [-0.1, -0.05) is 22.8 Å². The molecule has 2 rings (SSSR count). The molecule has 112 valence electrons. The van der Waals surface area contributed by atoms with Gasteiger partial charge in [0.25, 0.3) is 10.0 Å². The lowest BCUT2D eigenvalue weighted by molar-refractivity contribution is 0.586. The predicted octanol–water partition coefficient (Wildman–Crippen LogP) is 3.79. The molecule has 1 aliphatic rings. The highest BCUT2D eigenvalue weighted by atomic mass is 35.5. The Morgan fingerprint density at radius 1 is 1.33 bits per heavy atom. The second-order valence-electron chi connectivity index (χ2n) is 3.97. The molecule has 0 saturated carbocycles. The number of benzene rings is 1. The minimum atomic E-state index is -4.04. The number of sulfonamides is 1.